The predicted octanol–water partition coefficient (Wildman–Crippen LogP) is 4.44. The van der Waals surface area contributed by atoms with Crippen molar-refractivity contribution >= 4 is 59.7 Å². The lowest BCUT2D eigenvalue weighted by atomic mass is 9.97. The molecule has 0 aliphatic heterocycles. The van der Waals surface area contributed by atoms with Crippen molar-refractivity contribution in [2.45, 2.75) is 45.4 Å². The number of rotatable bonds is 15. The number of unbranched alkanes of at least 4 members (excludes halogenated alkanes) is 1. The van der Waals surface area contributed by atoms with Crippen molar-refractivity contribution in [3.05, 3.63) is 34.9 Å². The Morgan fingerprint density at radius 2 is 1.42 bits per heavy atom. The molecule has 1 aromatic carbocycles. The van der Waals surface area contributed by atoms with Gasteiger partial charge in [-0.15, -0.1) is 0 Å². The Bertz CT molecular complexity index is 718. The normalized spacial score (nSPS) is 10.5. The SMILES string of the molecule is CCCCNC(=O)SCCCC(=O)c1cc(C(=O)CCCS)cc(C(=O)NCCS)c1. The maximum Gasteiger partial charge on any atom is 0.279 e. The number of benzene rings is 1. The molecule has 2 amide bonds. The number of thioether (sulfide) groups is 1. The van der Waals surface area contributed by atoms with Gasteiger partial charge in [0.05, 0.1) is 0 Å². The summed E-state index contributed by atoms with van der Waals surface area (Å²) in [7, 11) is 0. The smallest absolute Gasteiger partial charge is 0.279 e. The monoisotopic (exact) mass is 484 g/mol. The van der Waals surface area contributed by atoms with Crippen molar-refractivity contribution in [1.82, 2.24) is 10.6 Å². The Labute approximate surface area is 199 Å². The van der Waals surface area contributed by atoms with E-state index in [1.54, 1.807) is 6.07 Å². The molecule has 0 aliphatic carbocycles. The highest BCUT2D eigenvalue weighted by atomic mass is 32.2. The zero-order valence-corrected chi connectivity index (χ0v) is 20.6. The van der Waals surface area contributed by atoms with Crippen LogP contribution in [0.5, 0.6) is 0 Å². The van der Waals surface area contributed by atoms with Gasteiger partial charge < -0.3 is 10.6 Å². The molecule has 0 aromatic heterocycles. The highest BCUT2D eigenvalue weighted by Gasteiger charge is 2.16. The largest absolute Gasteiger partial charge is 0.351 e. The highest BCUT2D eigenvalue weighted by Crippen LogP contribution is 2.17. The minimum absolute atomic E-state index is 0.0826. The molecule has 0 fully saturated rings. The number of hydrogen-bond donors (Lipinski definition) is 4. The van der Waals surface area contributed by atoms with Crippen molar-refractivity contribution in [3.8, 4) is 0 Å². The van der Waals surface area contributed by atoms with Crippen LogP contribution in [-0.2, 0) is 0 Å². The van der Waals surface area contributed by atoms with E-state index < -0.39 is 0 Å². The molecule has 0 heterocycles. The Hall–Kier alpha value is -1.45. The highest BCUT2D eigenvalue weighted by molar-refractivity contribution is 8.13. The molecular weight excluding hydrogens is 452 g/mol. The van der Waals surface area contributed by atoms with Gasteiger partial charge in [0.15, 0.2) is 11.6 Å². The van der Waals surface area contributed by atoms with Crippen LogP contribution in [0.15, 0.2) is 18.2 Å². The third-order valence-electron chi connectivity index (χ3n) is 4.38. The molecule has 1 aromatic rings. The number of carbonyl (C=O) groups excluding carboxylic acids is 4. The quantitative estimate of drug-likeness (QED) is 0.168. The summed E-state index contributed by atoms with van der Waals surface area (Å²) in [5.74, 6) is 0.988. The van der Waals surface area contributed by atoms with Gasteiger partial charge in [0.2, 0.25) is 0 Å². The van der Waals surface area contributed by atoms with Crippen LogP contribution in [0.25, 0.3) is 0 Å². The fourth-order valence-electron chi connectivity index (χ4n) is 2.70. The van der Waals surface area contributed by atoms with Crippen molar-refractivity contribution in [2.24, 2.45) is 0 Å². The van der Waals surface area contributed by atoms with Crippen LogP contribution in [0.1, 0.15) is 76.5 Å². The summed E-state index contributed by atoms with van der Waals surface area (Å²) in [6.45, 7) is 3.11. The lowest BCUT2D eigenvalue weighted by Crippen LogP contribution is -2.26. The van der Waals surface area contributed by atoms with E-state index in [2.05, 4.69) is 42.8 Å². The molecule has 0 spiro atoms. The van der Waals surface area contributed by atoms with E-state index in [9.17, 15) is 19.2 Å². The zero-order chi connectivity index (χ0) is 23.1. The second-order valence-electron chi connectivity index (χ2n) is 6.97. The molecule has 31 heavy (non-hydrogen) atoms. The molecule has 0 aliphatic rings. The van der Waals surface area contributed by atoms with Crippen LogP contribution in [-0.4, -0.2) is 53.1 Å². The summed E-state index contributed by atoms with van der Waals surface area (Å²) in [4.78, 5) is 49.3. The van der Waals surface area contributed by atoms with E-state index in [0.717, 1.165) is 24.6 Å². The van der Waals surface area contributed by atoms with Gasteiger partial charge in [0.25, 0.3) is 11.1 Å². The third-order valence-corrected chi connectivity index (χ3v) is 5.82. The maximum atomic E-state index is 12.7. The minimum Gasteiger partial charge on any atom is -0.351 e. The number of ketones is 2. The number of amides is 2. The number of thiol groups is 2. The standard InChI is InChI=1S/C22H32N2O4S3/c1-2-3-8-24-22(28)31-12-5-7-20(26)17-13-16(19(25)6-4-10-29)14-18(15-17)21(27)23-9-11-30/h13-15,29-30H,2-12H2,1H3,(H,23,27)(H,24,28). The zero-order valence-electron chi connectivity index (χ0n) is 17.9. The van der Waals surface area contributed by atoms with Crippen molar-refractivity contribution < 1.29 is 19.2 Å². The van der Waals surface area contributed by atoms with E-state index >= 15 is 0 Å². The van der Waals surface area contributed by atoms with Gasteiger partial charge >= 0.3 is 0 Å². The molecular formula is C22H32N2O4S3. The fraction of sp³-hybridized carbons (Fsp3) is 0.545. The van der Waals surface area contributed by atoms with Crippen LogP contribution in [0.4, 0.5) is 4.79 Å². The molecule has 0 atom stereocenters. The minimum atomic E-state index is -0.341. The van der Waals surface area contributed by atoms with Gasteiger partial charge in [0.1, 0.15) is 0 Å². The van der Waals surface area contributed by atoms with Gasteiger partial charge in [-0.1, -0.05) is 25.1 Å². The average molecular weight is 485 g/mol. The molecule has 0 unspecified atom stereocenters. The van der Waals surface area contributed by atoms with Gasteiger partial charge in [-0.05, 0) is 43.2 Å². The van der Waals surface area contributed by atoms with E-state index in [4.69, 9.17) is 0 Å². The number of Topliss-reactive ketones (excluding diaryl/α,β-unsaturated/α-hetero) is 2. The Morgan fingerprint density at radius 3 is 2.00 bits per heavy atom. The predicted molar refractivity (Wildman–Crippen MR) is 134 cm³/mol. The molecule has 1 rings (SSSR count). The third kappa shape index (κ3) is 11.1. The summed E-state index contributed by atoms with van der Waals surface area (Å²) < 4.78 is 0. The van der Waals surface area contributed by atoms with Crippen LogP contribution in [0.2, 0.25) is 0 Å². The summed E-state index contributed by atoms with van der Waals surface area (Å²) in [5, 5.41) is 5.45. The van der Waals surface area contributed by atoms with Crippen LogP contribution in [0, 0.1) is 0 Å². The van der Waals surface area contributed by atoms with Crippen molar-refractivity contribution in [1.29, 1.82) is 0 Å². The van der Waals surface area contributed by atoms with Crippen molar-refractivity contribution in [2.75, 3.05) is 30.3 Å². The second kappa shape index (κ2) is 16.2. The first-order chi connectivity index (χ1) is 14.9. The van der Waals surface area contributed by atoms with E-state index in [1.165, 1.54) is 12.1 Å². The molecule has 6 nitrogen and oxygen atoms in total. The Balaban J connectivity index is 2.78. The number of hydrogen-bond acceptors (Lipinski definition) is 7. The van der Waals surface area contributed by atoms with Crippen LogP contribution < -0.4 is 10.6 Å². The van der Waals surface area contributed by atoms with Gasteiger partial charge in [-0.3, -0.25) is 19.2 Å². The van der Waals surface area contributed by atoms with Gasteiger partial charge in [-0.25, -0.2) is 0 Å². The Morgan fingerprint density at radius 1 is 0.806 bits per heavy atom. The molecule has 0 saturated carbocycles. The first kappa shape index (κ1) is 27.6. The summed E-state index contributed by atoms with van der Waals surface area (Å²) in [6, 6.07) is 4.61. The van der Waals surface area contributed by atoms with E-state index in [0.29, 0.717) is 60.7 Å². The average Bonchev–Trinajstić information content (AvgIpc) is 2.78. The number of carbonyl (C=O) groups is 4. The van der Waals surface area contributed by atoms with Crippen LogP contribution in [0.3, 0.4) is 0 Å². The maximum absolute atomic E-state index is 12.7. The second-order valence-corrected chi connectivity index (χ2v) is 8.93. The molecule has 172 valence electrons. The number of nitrogens with one attached hydrogen (secondary N) is 2. The molecule has 2 N–H and O–H groups in total. The molecule has 0 saturated heterocycles. The first-order valence-corrected chi connectivity index (χ1v) is 12.8. The topological polar surface area (TPSA) is 92.3 Å². The Kier molecular flexibility index (Phi) is 14.4. The first-order valence-electron chi connectivity index (χ1n) is 10.5. The van der Waals surface area contributed by atoms with Gasteiger partial charge in [-0.2, -0.15) is 25.3 Å². The molecule has 9 heteroatoms. The summed E-state index contributed by atoms with van der Waals surface area (Å²) >= 11 is 9.37. The molecule has 0 bridgehead atoms. The van der Waals surface area contributed by atoms with Crippen molar-refractivity contribution in [3.63, 3.8) is 0 Å². The lowest BCUT2D eigenvalue weighted by molar-refractivity contribution is 0.0956. The summed E-state index contributed by atoms with van der Waals surface area (Å²) in [6.07, 6.45) is 3.66. The van der Waals surface area contributed by atoms with E-state index in [1.807, 2.05) is 0 Å². The van der Waals surface area contributed by atoms with E-state index in [-0.39, 0.29) is 34.7 Å². The lowest BCUT2D eigenvalue weighted by Gasteiger charge is -2.10. The fourth-order valence-corrected chi connectivity index (χ4v) is 3.64. The van der Waals surface area contributed by atoms with Gasteiger partial charge in [0, 0.05) is 54.1 Å². The van der Waals surface area contributed by atoms with Crippen LogP contribution >= 0.6 is 37.0 Å². The molecule has 0 radical (unpaired) electrons. The summed E-state index contributed by atoms with van der Waals surface area (Å²) in [5.41, 5.74) is 0.977.